The van der Waals surface area contributed by atoms with Gasteiger partial charge in [-0.1, -0.05) is 11.6 Å². The van der Waals surface area contributed by atoms with E-state index >= 15 is 0 Å². The van der Waals surface area contributed by atoms with Crippen LogP contribution in [0.15, 0.2) is 42.5 Å². The van der Waals surface area contributed by atoms with Crippen molar-refractivity contribution >= 4 is 34.8 Å². The highest BCUT2D eigenvalue weighted by Gasteiger charge is 2.20. The van der Waals surface area contributed by atoms with Gasteiger partial charge in [-0.3, -0.25) is 19.7 Å². The molecule has 0 heterocycles. The molecule has 0 saturated carbocycles. The molecule has 0 atom stereocenters. The van der Waals surface area contributed by atoms with Crippen LogP contribution >= 0.6 is 11.6 Å². The molecule has 2 aromatic rings. The summed E-state index contributed by atoms with van der Waals surface area (Å²) in [7, 11) is 3.27. The first-order valence-electron chi connectivity index (χ1n) is 6.86. The summed E-state index contributed by atoms with van der Waals surface area (Å²) in [6.07, 6.45) is 0. The molecule has 2 amide bonds. The minimum absolute atomic E-state index is 0.138. The maximum absolute atomic E-state index is 12.3. The summed E-state index contributed by atoms with van der Waals surface area (Å²) in [5.74, 6) is -0.825. The smallest absolute Gasteiger partial charge is 0.282 e. The first kappa shape index (κ1) is 17.4. The van der Waals surface area contributed by atoms with Crippen LogP contribution in [0, 0.1) is 10.1 Å². The van der Waals surface area contributed by atoms with Crippen molar-refractivity contribution < 1.29 is 14.5 Å². The number of benzene rings is 2. The van der Waals surface area contributed by atoms with E-state index in [0.717, 1.165) is 0 Å². The third-order valence-corrected chi connectivity index (χ3v) is 3.43. The van der Waals surface area contributed by atoms with E-state index in [1.807, 2.05) is 0 Å². The molecular weight excluding hydrogens is 334 g/mol. The third kappa shape index (κ3) is 3.88. The van der Waals surface area contributed by atoms with Gasteiger partial charge in [-0.15, -0.1) is 0 Å². The van der Waals surface area contributed by atoms with Crippen molar-refractivity contribution in [2.24, 2.45) is 0 Å². The van der Waals surface area contributed by atoms with Gasteiger partial charge in [0, 0.05) is 36.4 Å². The number of hydrogen-bond donors (Lipinski definition) is 1. The molecule has 0 radical (unpaired) electrons. The van der Waals surface area contributed by atoms with Crippen molar-refractivity contribution in [2.75, 3.05) is 19.4 Å². The summed E-state index contributed by atoms with van der Waals surface area (Å²) in [6, 6.07) is 9.97. The third-order valence-electron chi connectivity index (χ3n) is 3.20. The van der Waals surface area contributed by atoms with Gasteiger partial charge in [0.2, 0.25) is 0 Å². The Labute approximate surface area is 143 Å². The molecule has 1 N–H and O–H groups in total. The van der Waals surface area contributed by atoms with Crippen LogP contribution < -0.4 is 5.32 Å². The number of amides is 2. The number of halogens is 1. The number of hydrogen-bond acceptors (Lipinski definition) is 4. The molecule has 0 bridgehead atoms. The highest BCUT2D eigenvalue weighted by Crippen LogP contribution is 2.24. The summed E-state index contributed by atoms with van der Waals surface area (Å²) < 4.78 is 0. The molecule has 7 nitrogen and oxygen atoms in total. The Morgan fingerprint density at radius 3 is 2.29 bits per heavy atom. The van der Waals surface area contributed by atoms with E-state index in [2.05, 4.69) is 5.32 Å². The van der Waals surface area contributed by atoms with E-state index in [-0.39, 0.29) is 22.2 Å². The average molecular weight is 348 g/mol. The molecule has 0 unspecified atom stereocenters. The van der Waals surface area contributed by atoms with Crippen LogP contribution in [0.3, 0.4) is 0 Å². The van der Waals surface area contributed by atoms with Crippen molar-refractivity contribution in [1.82, 2.24) is 4.90 Å². The highest BCUT2D eigenvalue weighted by molar-refractivity contribution is 6.31. The van der Waals surface area contributed by atoms with Crippen LogP contribution in [0.2, 0.25) is 5.02 Å². The molecule has 24 heavy (non-hydrogen) atoms. The van der Waals surface area contributed by atoms with E-state index in [1.165, 1.54) is 23.1 Å². The van der Waals surface area contributed by atoms with E-state index < -0.39 is 10.8 Å². The number of nitrogens with zero attached hydrogens (tertiary/aromatic N) is 2. The number of nitrogens with one attached hydrogen (secondary N) is 1. The quantitative estimate of drug-likeness (QED) is 0.679. The minimum atomic E-state index is -0.657. The van der Waals surface area contributed by atoms with E-state index in [0.29, 0.717) is 11.3 Å². The summed E-state index contributed by atoms with van der Waals surface area (Å²) >= 11 is 5.81. The molecule has 2 aromatic carbocycles. The Bertz CT molecular complexity index is 803. The highest BCUT2D eigenvalue weighted by atomic mass is 35.5. The first-order chi connectivity index (χ1) is 11.3. The lowest BCUT2D eigenvalue weighted by molar-refractivity contribution is -0.385. The molecule has 0 aliphatic heterocycles. The van der Waals surface area contributed by atoms with Crippen molar-refractivity contribution in [2.45, 2.75) is 0 Å². The van der Waals surface area contributed by atoms with Crippen molar-refractivity contribution in [3.8, 4) is 0 Å². The van der Waals surface area contributed by atoms with Crippen molar-refractivity contribution in [3.63, 3.8) is 0 Å². The molecule has 0 fully saturated rings. The van der Waals surface area contributed by atoms with Crippen molar-refractivity contribution in [3.05, 3.63) is 68.7 Å². The fraction of sp³-hybridized carbons (Fsp3) is 0.125. The first-order valence-corrected chi connectivity index (χ1v) is 7.24. The van der Waals surface area contributed by atoms with Gasteiger partial charge in [0.25, 0.3) is 17.5 Å². The van der Waals surface area contributed by atoms with Gasteiger partial charge in [0.1, 0.15) is 5.56 Å². The Balaban J connectivity index is 2.23. The number of nitro benzene ring substituents is 1. The van der Waals surface area contributed by atoms with Gasteiger partial charge in [-0.05, 0) is 36.4 Å². The Kier molecular flexibility index (Phi) is 5.15. The SMILES string of the molecule is CN(C)C(=O)c1ccc(NC(=O)c2cc(Cl)ccc2[N+](=O)[O-])cc1. The van der Waals surface area contributed by atoms with Crippen LogP contribution in [0.25, 0.3) is 0 Å². The summed E-state index contributed by atoms with van der Waals surface area (Å²) in [6.45, 7) is 0. The van der Waals surface area contributed by atoms with Gasteiger partial charge in [0.05, 0.1) is 4.92 Å². The lowest BCUT2D eigenvalue weighted by Gasteiger charge is -2.11. The topological polar surface area (TPSA) is 92.6 Å². The standard InChI is InChI=1S/C16H14ClN3O4/c1-19(2)16(22)10-3-6-12(7-4-10)18-15(21)13-9-11(17)5-8-14(13)20(23)24/h3-9H,1-2H3,(H,18,21). The Morgan fingerprint density at radius 1 is 1.12 bits per heavy atom. The summed E-state index contributed by atoms with van der Waals surface area (Å²) in [5, 5.41) is 13.8. The number of anilines is 1. The van der Waals surface area contributed by atoms with Crippen LogP contribution in [0.4, 0.5) is 11.4 Å². The Hall–Kier alpha value is -2.93. The second kappa shape index (κ2) is 7.10. The predicted molar refractivity (Wildman–Crippen MR) is 90.5 cm³/mol. The monoisotopic (exact) mass is 347 g/mol. The largest absolute Gasteiger partial charge is 0.345 e. The van der Waals surface area contributed by atoms with Gasteiger partial charge in [0.15, 0.2) is 0 Å². The minimum Gasteiger partial charge on any atom is -0.345 e. The molecule has 8 heteroatoms. The maximum atomic E-state index is 12.3. The van der Waals surface area contributed by atoms with Gasteiger partial charge < -0.3 is 10.2 Å². The van der Waals surface area contributed by atoms with Crippen LogP contribution in [-0.2, 0) is 0 Å². The zero-order valence-corrected chi connectivity index (χ0v) is 13.7. The Morgan fingerprint density at radius 2 is 1.75 bits per heavy atom. The molecule has 2 rings (SSSR count). The van der Waals surface area contributed by atoms with E-state index in [4.69, 9.17) is 11.6 Å². The van der Waals surface area contributed by atoms with Gasteiger partial charge in [-0.2, -0.15) is 0 Å². The van der Waals surface area contributed by atoms with E-state index in [9.17, 15) is 19.7 Å². The van der Waals surface area contributed by atoms with Gasteiger partial charge in [-0.25, -0.2) is 0 Å². The zero-order chi connectivity index (χ0) is 17.9. The molecule has 0 aliphatic rings. The number of carbonyl (C=O) groups excluding carboxylic acids is 2. The molecular formula is C16H14ClN3O4. The zero-order valence-electron chi connectivity index (χ0n) is 12.9. The van der Waals surface area contributed by atoms with Crippen LogP contribution in [0.5, 0.6) is 0 Å². The molecule has 0 aromatic heterocycles. The fourth-order valence-electron chi connectivity index (χ4n) is 2.00. The lowest BCUT2D eigenvalue weighted by Crippen LogP contribution is -2.21. The maximum Gasteiger partial charge on any atom is 0.282 e. The average Bonchev–Trinajstić information content (AvgIpc) is 2.54. The molecule has 0 saturated heterocycles. The van der Waals surface area contributed by atoms with Gasteiger partial charge >= 0.3 is 0 Å². The normalized spacial score (nSPS) is 10.1. The number of nitro groups is 1. The predicted octanol–water partition coefficient (Wildman–Crippen LogP) is 3.20. The number of rotatable bonds is 4. The summed E-state index contributed by atoms with van der Waals surface area (Å²) in [4.78, 5) is 35.9. The lowest BCUT2D eigenvalue weighted by atomic mass is 10.1. The van der Waals surface area contributed by atoms with Crippen molar-refractivity contribution in [1.29, 1.82) is 0 Å². The van der Waals surface area contributed by atoms with Crippen LogP contribution in [0.1, 0.15) is 20.7 Å². The molecule has 124 valence electrons. The number of carbonyl (C=O) groups is 2. The van der Waals surface area contributed by atoms with E-state index in [1.54, 1.807) is 38.4 Å². The molecule has 0 spiro atoms. The van der Waals surface area contributed by atoms with Crippen LogP contribution in [-0.4, -0.2) is 35.7 Å². The second-order valence-electron chi connectivity index (χ2n) is 5.15. The molecule has 0 aliphatic carbocycles. The fourth-order valence-corrected chi connectivity index (χ4v) is 2.17. The second-order valence-corrected chi connectivity index (χ2v) is 5.59. The summed E-state index contributed by atoms with van der Waals surface area (Å²) in [5.41, 5.74) is 0.397.